The van der Waals surface area contributed by atoms with Crippen LogP contribution in [0.1, 0.15) is 36.2 Å². The van der Waals surface area contributed by atoms with Crippen molar-refractivity contribution in [1.29, 1.82) is 0 Å². The summed E-state index contributed by atoms with van der Waals surface area (Å²) in [4.78, 5) is 24.1. The van der Waals surface area contributed by atoms with Crippen molar-refractivity contribution < 1.29 is 14.3 Å². The van der Waals surface area contributed by atoms with Crippen LogP contribution in [0.4, 0.5) is 5.69 Å². The fraction of sp³-hybridized carbons (Fsp3) is 0.273. The molecule has 0 atom stereocenters. The number of benzene rings is 2. The van der Waals surface area contributed by atoms with Gasteiger partial charge in [0.15, 0.2) is 0 Å². The first-order chi connectivity index (χ1) is 13.0. The topological polar surface area (TPSA) is 67.4 Å². The van der Waals surface area contributed by atoms with Gasteiger partial charge in [-0.15, -0.1) is 6.42 Å². The molecule has 0 bridgehead atoms. The number of carbonyl (C=O) groups excluding carboxylic acids is 2. The Hall–Kier alpha value is -3.26. The quantitative estimate of drug-likeness (QED) is 0.705. The van der Waals surface area contributed by atoms with E-state index in [1.165, 1.54) is 0 Å². The van der Waals surface area contributed by atoms with Crippen molar-refractivity contribution in [1.82, 2.24) is 5.32 Å². The average molecular weight is 364 g/mol. The molecular weight excluding hydrogens is 340 g/mol. The molecule has 0 spiro atoms. The third-order valence-electron chi connectivity index (χ3n) is 3.80. The second-order valence-corrected chi connectivity index (χ2v) is 6.51. The highest BCUT2D eigenvalue weighted by molar-refractivity contribution is 5.99. The first-order valence-corrected chi connectivity index (χ1v) is 8.85. The number of nitrogens with one attached hydrogen (secondary N) is 2. The Morgan fingerprint density at radius 3 is 2.56 bits per heavy atom. The SMILES string of the molecule is C#Cc1cccc(NC(=O)CNC(=O)c2ccc(OCCC(C)C)cc2)c1. The molecule has 0 radical (unpaired) electrons. The van der Waals surface area contributed by atoms with Gasteiger partial charge in [-0.2, -0.15) is 0 Å². The number of carbonyl (C=O) groups is 2. The van der Waals surface area contributed by atoms with E-state index in [1.807, 2.05) is 0 Å². The van der Waals surface area contributed by atoms with Crippen LogP contribution in [0, 0.1) is 18.3 Å². The molecule has 0 unspecified atom stereocenters. The van der Waals surface area contributed by atoms with Gasteiger partial charge in [0, 0.05) is 16.8 Å². The summed E-state index contributed by atoms with van der Waals surface area (Å²) in [5.41, 5.74) is 1.73. The number of terminal acetylenes is 1. The highest BCUT2D eigenvalue weighted by atomic mass is 16.5. The average Bonchev–Trinajstić information content (AvgIpc) is 2.66. The molecule has 0 saturated carbocycles. The summed E-state index contributed by atoms with van der Waals surface area (Å²) in [6.07, 6.45) is 6.31. The summed E-state index contributed by atoms with van der Waals surface area (Å²) in [7, 11) is 0. The van der Waals surface area contributed by atoms with E-state index in [1.54, 1.807) is 48.5 Å². The van der Waals surface area contributed by atoms with Crippen molar-refractivity contribution in [3.8, 4) is 18.1 Å². The maximum Gasteiger partial charge on any atom is 0.251 e. The summed E-state index contributed by atoms with van der Waals surface area (Å²) in [5, 5.41) is 5.29. The van der Waals surface area contributed by atoms with Gasteiger partial charge in [0.25, 0.3) is 5.91 Å². The molecule has 5 heteroatoms. The monoisotopic (exact) mass is 364 g/mol. The first kappa shape index (κ1) is 20.1. The zero-order valence-electron chi connectivity index (χ0n) is 15.6. The van der Waals surface area contributed by atoms with Gasteiger partial charge in [-0.3, -0.25) is 9.59 Å². The van der Waals surface area contributed by atoms with Crippen molar-refractivity contribution in [2.75, 3.05) is 18.5 Å². The molecule has 5 nitrogen and oxygen atoms in total. The third kappa shape index (κ3) is 6.87. The van der Waals surface area contributed by atoms with E-state index in [4.69, 9.17) is 11.2 Å². The molecule has 2 amide bonds. The maximum atomic E-state index is 12.2. The minimum absolute atomic E-state index is 0.133. The predicted octanol–water partition coefficient (Wildman–Crippen LogP) is 3.46. The van der Waals surface area contributed by atoms with E-state index in [2.05, 4.69) is 30.4 Å². The van der Waals surface area contributed by atoms with Crippen LogP contribution in [-0.4, -0.2) is 25.0 Å². The number of amides is 2. The van der Waals surface area contributed by atoms with Crippen LogP contribution in [0.25, 0.3) is 0 Å². The molecule has 0 aliphatic carbocycles. The van der Waals surface area contributed by atoms with Crippen LogP contribution in [0.2, 0.25) is 0 Å². The largest absolute Gasteiger partial charge is 0.494 e. The molecule has 0 aromatic heterocycles. The van der Waals surface area contributed by atoms with E-state index in [-0.39, 0.29) is 18.4 Å². The Kier molecular flexibility index (Phi) is 7.45. The lowest BCUT2D eigenvalue weighted by Crippen LogP contribution is -2.32. The Morgan fingerprint density at radius 2 is 1.89 bits per heavy atom. The van der Waals surface area contributed by atoms with Gasteiger partial charge in [-0.1, -0.05) is 25.8 Å². The Labute approximate surface area is 160 Å². The van der Waals surface area contributed by atoms with Gasteiger partial charge in [-0.25, -0.2) is 0 Å². The number of hydrogen-bond donors (Lipinski definition) is 2. The first-order valence-electron chi connectivity index (χ1n) is 8.85. The molecule has 27 heavy (non-hydrogen) atoms. The highest BCUT2D eigenvalue weighted by Gasteiger charge is 2.09. The lowest BCUT2D eigenvalue weighted by atomic mass is 10.1. The van der Waals surface area contributed by atoms with Crippen molar-refractivity contribution in [3.05, 3.63) is 59.7 Å². The molecule has 2 rings (SSSR count). The second kappa shape index (κ2) is 10.0. The highest BCUT2D eigenvalue weighted by Crippen LogP contribution is 2.13. The molecule has 0 heterocycles. The fourth-order valence-corrected chi connectivity index (χ4v) is 2.27. The fourth-order valence-electron chi connectivity index (χ4n) is 2.27. The van der Waals surface area contributed by atoms with E-state index in [0.717, 1.165) is 12.2 Å². The molecular formula is C22H24N2O3. The van der Waals surface area contributed by atoms with Crippen LogP contribution < -0.4 is 15.4 Å². The van der Waals surface area contributed by atoms with E-state index >= 15 is 0 Å². The zero-order valence-corrected chi connectivity index (χ0v) is 15.6. The van der Waals surface area contributed by atoms with Gasteiger partial charge in [0.05, 0.1) is 13.2 Å². The van der Waals surface area contributed by atoms with Crippen molar-refractivity contribution in [3.63, 3.8) is 0 Å². The van der Waals surface area contributed by atoms with Gasteiger partial charge in [0.1, 0.15) is 5.75 Å². The number of hydrogen-bond acceptors (Lipinski definition) is 3. The zero-order chi connectivity index (χ0) is 19.6. The van der Waals surface area contributed by atoms with Crippen LogP contribution in [-0.2, 0) is 4.79 Å². The Morgan fingerprint density at radius 1 is 1.15 bits per heavy atom. The molecule has 140 valence electrons. The molecule has 0 aliphatic rings. The van der Waals surface area contributed by atoms with Gasteiger partial charge < -0.3 is 15.4 Å². The molecule has 2 N–H and O–H groups in total. The summed E-state index contributed by atoms with van der Waals surface area (Å²) in [5.74, 6) is 3.15. The van der Waals surface area contributed by atoms with Crippen LogP contribution in [0.15, 0.2) is 48.5 Å². The minimum Gasteiger partial charge on any atom is -0.494 e. The molecule has 0 aliphatic heterocycles. The summed E-state index contributed by atoms with van der Waals surface area (Å²) < 4.78 is 5.63. The van der Waals surface area contributed by atoms with E-state index < -0.39 is 0 Å². The van der Waals surface area contributed by atoms with Crippen LogP contribution >= 0.6 is 0 Å². The summed E-state index contributed by atoms with van der Waals surface area (Å²) in [6.45, 7) is 4.79. The van der Waals surface area contributed by atoms with E-state index in [9.17, 15) is 9.59 Å². The van der Waals surface area contributed by atoms with Crippen molar-refractivity contribution >= 4 is 17.5 Å². The predicted molar refractivity (Wildman–Crippen MR) is 107 cm³/mol. The van der Waals surface area contributed by atoms with Crippen LogP contribution in [0.3, 0.4) is 0 Å². The summed E-state index contributed by atoms with van der Waals surface area (Å²) in [6, 6.07) is 13.8. The number of ether oxygens (including phenoxy) is 1. The Bertz CT molecular complexity index is 820. The minimum atomic E-state index is -0.328. The summed E-state index contributed by atoms with van der Waals surface area (Å²) >= 11 is 0. The standard InChI is InChI=1S/C22H24N2O3/c1-4-17-6-5-7-19(14-17)24-21(25)15-23-22(26)18-8-10-20(11-9-18)27-13-12-16(2)3/h1,5-11,14,16H,12-13,15H2,2-3H3,(H,23,26)(H,24,25). The van der Waals surface area contributed by atoms with Crippen LogP contribution in [0.5, 0.6) is 5.75 Å². The number of rotatable bonds is 8. The molecule has 2 aromatic rings. The van der Waals surface area contributed by atoms with Gasteiger partial charge >= 0.3 is 0 Å². The third-order valence-corrected chi connectivity index (χ3v) is 3.80. The van der Waals surface area contributed by atoms with E-state index in [0.29, 0.717) is 29.3 Å². The van der Waals surface area contributed by atoms with Crippen molar-refractivity contribution in [2.45, 2.75) is 20.3 Å². The lowest BCUT2D eigenvalue weighted by Gasteiger charge is -2.09. The van der Waals surface area contributed by atoms with Gasteiger partial charge in [0.2, 0.25) is 5.91 Å². The number of anilines is 1. The normalized spacial score (nSPS) is 10.1. The molecule has 0 fully saturated rings. The van der Waals surface area contributed by atoms with Gasteiger partial charge in [-0.05, 0) is 54.8 Å². The maximum absolute atomic E-state index is 12.2. The molecule has 2 aromatic carbocycles. The second-order valence-electron chi connectivity index (χ2n) is 6.51. The Balaban J connectivity index is 1.80. The molecule has 0 saturated heterocycles. The smallest absolute Gasteiger partial charge is 0.251 e. The van der Waals surface area contributed by atoms with Crippen molar-refractivity contribution in [2.24, 2.45) is 5.92 Å². The lowest BCUT2D eigenvalue weighted by molar-refractivity contribution is -0.115.